The van der Waals surface area contributed by atoms with Gasteiger partial charge in [0.2, 0.25) is 10.2 Å². The van der Waals surface area contributed by atoms with Crippen molar-refractivity contribution >= 4 is 39.8 Å². The summed E-state index contributed by atoms with van der Waals surface area (Å²) in [5, 5.41) is 10.7. The molecule has 2 aliphatic heterocycles. The molecule has 11 heteroatoms. The van der Waals surface area contributed by atoms with E-state index < -0.39 is 28.8 Å². The number of hydrazone groups is 1. The molecule has 0 unspecified atom stereocenters. The van der Waals surface area contributed by atoms with Crippen LogP contribution < -0.4 is 0 Å². The van der Waals surface area contributed by atoms with Gasteiger partial charge in [-0.3, -0.25) is 10.2 Å². The minimum atomic E-state index is -4.70. The van der Waals surface area contributed by atoms with Gasteiger partial charge < -0.3 is 4.57 Å². The van der Waals surface area contributed by atoms with Crippen molar-refractivity contribution in [3.63, 3.8) is 0 Å². The smallest absolute Gasteiger partial charge is 0.343 e. The molecule has 2 aliphatic rings. The summed E-state index contributed by atoms with van der Waals surface area (Å²) in [5.41, 5.74) is 0.672. The zero-order valence-electron chi connectivity index (χ0n) is 14.4. The van der Waals surface area contributed by atoms with E-state index in [0.29, 0.717) is 16.3 Å². The zero-order valence-corrected chi connectivity index (χ0v) is 15.3. The van der Waals surface area contributed by atoms with E-state index in [1.54, 1.807) is 41.1 Å². The van der Waals surface area contributed by atoms with Gasteiger partial charge in [0, 0.05) is 17.5 Å². The summed E-state index contributed by atoms with van der Waals surface area (Å²) < 4.78 is 54.2. The molecule has 3 heterocycles. The van der Waals surface area contributed by atoms with Crippen molar-refractivity contribution in [3.05, 3.63) is 65.2 Å². The number of benzene rings is 1. The molecule has 1 aromatic heterocycles. The highest BCUT2D eigenvalue weighted by molar-refractivity contribution is 8.27. The van der Waals surface area contributed by atoms with E-state index >= 15 is 0 Å². The van der Waals surface area contributed by atoms with E-state index in [1.165, 1.54) is 12.1 Å². The van der Waals surface area contributed by atoms with Crippen LogP contribution in [0.25, 0.3) is 6.08 Å². The number of thioether (sulfide) groups is 1. The molecular weight excluding hydrogens is 410 g/mol. The average molecular weight is 421 g/mol. The molecule has 6 nitrogen and oxygen atoms in total. The van der Waals surface area contributed by atoms with Gasteiger partial charge in [0.1, 0.15) is 5.82 Å². The molecule has 0 saturated heterocycles. The molecule has 1 N–H and O–H groups in total. The fourth-order valence-corrected chi connectivity index (χ4v) is 3.53. The lowest BCUT2D eigenvalue weighted by molar-refractivity contribution is -0.114. The summed E-state index contributed by atoms with van der Waals surface area (Å²) >= 11 is 0.191. The van der Waals surface area contributed by atoms with Crippen LogP contribution in [0.1, 0.15) is 11.3 Å². The minimum Gasteiger partial charge on any atom is -0.343 e. The molecule has 0 radical (unpaired) electrons. The maximum Gasteiger partial charge on any atom is 0.441 e. The number of amidine groups is 2. The zero-order chi connectivity index (χ0) is 20.8. The Morgan fingerprint density at radius 2 is 1.93 bits per heavy atom. The van der Waals surface area contributed by atoms with Crippen molar-refractivity contribution in [3.8, 4) is 0 Å². The van der Waals surface area contributed by atoms with Crippen LogP contribution in [-0.4, -0.2) is 37.7 Å². The number of carbonyl (C=O) groups is 1. The summed E-state index contributed by atoms with van der Waals surface area (Å²) in [6.07, 6.45) is -1.71. The second kappa shape index (κ2) is 6.99. The van der Waals surface area contributed by atoms with Crippen LogP contribution in [0.4, 0.5) is 17.6 Å². The number of carbonyl (C=O) groups excluding carboxylic acids is 1. The summed E-state index contributed by atoms with van der Waals surface area (Å²) in [7, 11) is 0. The first-order chi connectivity index (χ1) is 13.7. The van der Waals surface area contributed by atoms with E-state index in [4.69, 9.17) is 5.41 Å². The number of nitrogens with one attached hydrogen (secondary N) is 1. The van der Waals surface area contributed by atoms with Gasteiger partial charge in [0.05, 0.1) is 12.1 Å². The Balaban J connectivity index is 1.66. The lowest BCUT2D eigenvalue weighted by atomic mass is 10.1. The van der Waals surface area contributed by atoms with Gasteiger partial charge in [-0.1, -0.05) is 18.2 Å². The van der Waals surface area contributed by atoms with Crippen LogP contribution in [0.5, 0.6) is 0 Å². The normalized spacial score (nSPS) is 18.2. The third-order valence-electron chi connectivity index (χ3n) is 4.15. The Morgan fingerprint density at radius 3 is 2.66 bits per heavy atom. The standard InChI is InChI=1S/C18H11F4N5OS/c19-13-6-2-1-4-10(13)9-26-7-3-5-11(26)8-12-14(23)27-17(24-15(12)28)29-16(25-27)18(20,21)22/h1-8,23H,9H2/b12-8-,23-14?. The monoisotopic (exact) mass is 421 g/mol. The lowest BCUT2D eigenvalue weighted by Gasteiger charge is -2.20. The molecule has 0 aliphatic carbocycles. The van der Waals surface area contributed by atoms with Gasteiger partial charge in [-0.25, -0.2) is 4.39 Å². The predicted octanol–water partition coefficient (Wildman–Crippen LogP) is 3.86. The molecule has 4 rings (SSSR count). The molecule has 0 fully saturated rings. The number of halogens is 4. The van der Waals surface area contributed by atoms with E-state index in [-0.39, 0.29) is 29.0 Å². The fraction of sp³-hybridized carbons (Fsp3) is 0.111. The van der Waals surface area contributed by atoms with Crippen molar-refractivity contribution in [1.29, 1.82) is 5.41 Å². The van der Waals surface area contributed by atoms with E-state index in [9.17, 15) is 22.4 Å². The van der Waals surface area contributed by atoms with Crippen LogP contribution in [0.3, 0.4) is 0 Å². The quantitative estimate of drug-likeness (QED) is 0.604. The molecule has 0 saturated carbocycles. The molecule has 0 spiro atoms. The summed E-state index contributed by atoms with van der Waals surface area (Å²) in [6.45, 7) is 0.171. The summed E-state index contributed by atoms with van der Waals surface area (Å²) in [6, 6.07) is 9.51. The number of amides is 1. The molecule has 2 aromatic rings. The number of hydrogen-bond acceptors (Lipinski definition) is 4. The number of aliphatic imine (C=N–C) groups is 1. The summed E-state index contributed by atoms with van der Waals surface area (Å²) in [5.74, 6) is -1.74. The van der Waals surface area contributed by atoms with Gasteiger partial charge >= 0.3 is 6.18 Å². The predicted molar refractivity (Wildman–Crippen MR) is 101 cm³/mol. The van der Waals surface area contributed by atoms with Crippen LogP contribution in [0, 0.1) is 11.2 Å². The third-order valence-corrected chi connectivity index (χ3v) is 5.11. The van der Waals surface area contributed by atoms with Gasteiger partial charge in [0.15, 0.2) is 5.84 Å². The first-order valence-electron chi connectivity index (χ1n) is 8.20. The summed E-state index contributed by atoms with van der Waals surface area (Å²) in [4.78, 5) is 15.9. The van der Waals surface area contributed by atoms with Crippen molar-refractivity contribution in [2.24, 2.45) is 10.1 Å². The number of rotatable bonds is 3. The van der Waals surface area contributed by atoms with Crippen molar-refractivity contribution in [2.45, 2.75) is 12.7 Å². The Hall–Kier alpha value is -3.21. The van der Waals surface area contributed by atoms with Gasteiger partial charge in [-0.15, -0.1) is 0 Å². The van der Waals surface area contributed by atoms with Crippen molar-refractivity contribution in [1.82, 2.24) is 9.58 Å². The number of fused-ring (bicyclic) bond motifs is 1. The number of alkyl halides is 3. The van der Waals surface area contributed by atoms with Crippen LogP contribution in [0.2, 0.25) is 0 Å². The van der Waals surface area contributed by atoms with Crippen molar-refractivity contribution < 1.29 is 22.4 Å². The Morgan fingerprint density at radius 1 is 1.17 bits per heavy atom. The molecule has 1 aromatic carbocycles. The molecular formula is C18H11F4N5OS. The topological polar surface area (TPSA) is 73.8 Å². The number of nitrogens with zero attached hydrogens (tertiary/aromatic N) is 4. The van der Waals surface area contributed by atoms with Gasteiger partial charge in [-0.2, -0.15) is 28.3 Å². The molecule has 29 heavy (non-hydrogen) atoms. The Kier molecular flexibility index (Phi) is 4.61. The molecule has 0 bridgehead atoms. The van der Waals surface area contributed by atoms with Gasteiger partial charge in [0.25, 0.3) is 5.91 Å². The molecule has 148 valence electrons. The maximum absolute atomic E-state index is 13.9. The second-order valence-electron chi connectivity index (χ2n) is 6.08. The largest absolute Gasteiger partial charge is 0.441 e. The average Bonchev–Trinajstić information content (AvgIpc) is 3.27. The SMILES string of the molecule is N=C1/C(=C/c2cccn2Cc2ccccc2F)C(=O)N=C2SC(C(F)(F)F)=NN12. The van der Waals surface area contributed by atoms with E-state index in [2.05, 4.69) is 10.1 Å². The van der Waals surface area contributed by atoms with Crippen LogP contribution in [0.15, 0.2) is 58.3 Å². The highest BCUT2D eigenvalue weighted by atomic mass is 32.2. The number of aromatic nitrogens is 1. The molecule has 1 amide bonds. The van der Waals surface area contributed by atoms with Crippen molar-refractivity contribution in [2.75, 3.05) is 0 Å². The maximum atomic E-state index is 13.9. The Labute approximate surface area is 165 Å². The van der Waals surface area contributed by atoms with Crippen LogP contribution in [-0.2, 0) is 11.3 Å². The lowest BCUT2D eigenvalue weighted by Crippen LogP contribution is -2.35. The second-order valence-corrected chi connectivity index (χ2v) is 7.03. The number of hydrogen-bond donors (Lipinski definition) is 1. The van der Waals surface area contributed by atoms with E-state index in [1.807, 2.05) is 0 Å². The fourth-order valence-electron chi connectivity index (χ4n) is 2.77. The Bertz CT molecular complexity index is 1120. The van der Waals surface area contributed by atoms with E-state index in [0.717, 1.165) is 0 Å². The highest BCUT2D eigenvalue weighted by Crippen LogP contribution is 2.35. The third kappa shape index (κ3) is 3.60. The molecule has 0 atom stereocenters. The first-order valence-corrected chi connectivity index (χ1v) is 9.01. The van der Waals surface area contributed by atoms with Crippen LogP contribution >= 0.6 is 11.8 Å². The first kappa shape index (κ1) is 19.1. The minimum absolute atomic E-state index is 0.171. The van der Waals surface area contributed by atoms with Gasteiger partial charge in [-0.05, 0) is 36.0 Å². The highest BCUT2D eigenvalue weighted by Gasteiger charge is 2.46.